The SMILES string of the molecule is O=C(Nc1nonc1-c1nc2ccccc2n1Cc1ccc(Cl)cc1Cl)c1ccccc1. The first-order valence-electron chi connectivity index (χ1n) is 9.68. The van der Waals surface area contributed by atoms with E-state index in [0.717, 1.165) is 16.6 Å². The van der Waals surface area contributed by atoms with Crippen LogP contribution in [0.4, 0.5) is 5.82 Å². The van der Waals surface area contributed by atoms with Crippen molar-refractivity contribution >= 4 is 46.0 Å². The first kappa shape index (κ1) is 20.2. The molecule has 0 saturated heterocycles. The second-order valence-corrected chi connectivity index (χ2v) is 7.87. The van der Waals surface area contributed by atoms with E-state index in [0.29, 0.717) is 33.7 Å². The molecule has 0 aliphatic heterocycles. The predicted octanol–water partition coefficient (Wildman–Crippen LogP) is 5.69. The van der Waals surface area contributed by atoms with Crippen LogP contribution in [0.5, 0.6) is 0 Å². The summed E-state index contributed by atoms with van der Waals surface area (Å²) in [6.45, 7) is 0.408. The minimum absolute atomic E-state index is 0.178. The van der Waals surface area contributed by atoms with Crippen molar-refractivity contribution in [2.24, 2.45) is 0 Å². The van der Waals surface area contributed by atoms with E-state index in [1.807, 2.05) is 41.0 Å². The number of fused-ring (bicyclic) bond motifs is 1. The van der Waals surface area contributed by atoms with Gasteiger partial charge in [0.05, 0.1) is 17.6 Å². The van der Waals surface area contributed by atoms with E-state index in [1.165, 1.54) is 0 Å². The number of anilines is 1. The van der Waals surface area contributed by atoms with Gasteiger partial charge in [-0.25, -0.2) is 9.61 Å². The molecule has 0 saturated carbocycles. The molecule has 2 heterocycles. The van der Waals surface area contributed by atoms with Crippen LogP contribution in [0.3, 0.4) is 0 Å². The molecule has 2 aromatic heterocycles. The van der Waals surface area contributed by atoms with Crippen LogP contribution in [0.1, 0.15) is 15.9 Å². The summed E-state index contributed by atoms with van der Waals surface area (Å²) in [6, 6.07) is 21.8. The van der Waals surface area contributed by atoms with Gasteiger partial charge in [0.2, 0.25) is 5.82 Å². The van der Waals surface area contributed by atoms with Crippen molar-refractivity contribution in [3.63, 3.8) is 0 Å². The Morgan fingerprint density at radius 1 is 0.969 bits per heavy atom. The number of imidazole rings is 1. The zero-order chi connectivity index (χ0) is 22.1. The van der Waals surface area contributed by atoms with Gasteiger partial charge in [-0.1, -0.05) is 59.6 Å². The summed E-state index contributed by atoms with van der Waals surface area (Å²) in [4.78, 5) is 17.4. The number of hydrogen-bond donors (Lipinski definition) is 1. The zero-order valence-electron chi connectivity index (χ0n) is 16.5. The van der Waals surface area contributed by atoms with Crippen LogP contribution in [-0.4, -0.2) is 25.8 Å². The third-order valence-electron chi connectivity index (χ3n) is 4.97. The molecular weight excluding hydrogens is 449 g/mol. The molecule has 0 bridgehead atoms. The topological polar surface area (TPSA) is 85.8 Å². The van der Waals surface area contributed by atoms with Crippen LogP contribution in [-0.2, 0) is 6.54 Å². The number of nitrogens with one attached hydrogen (secondary N) is 1. The minimum atomic E-state index is -0.328. The fraction of sp³-hybridized carbons (Fsp3) is 0.0435. The zero-order valence-corrected chi connectivity index (χ0v) is 18.0. The van der Waals surface area contributed by atoms with Crippen molar-refractivity contribution in [3.8, 4) is 11.5 Å². The van der Waals surface area contributed by atoms with Gasteiger partial charge >= 0.3 is 0 Å². The second kappa shape index (κ2) is 8.45. The van der Waals surface area contributed by atoms with Crippen LogP contribution >= 0.6 is 23.2 Å². The summed E-state index contributed by atoms with van der Waals surface area (Å²) in [6.07, 6.45) is 0. The van der Waals surface area contributed by atoms with Crippen LogP contribution in [0, 0.1) is 0 Å². The van der Waals surface area contributed by atoms with E-state index < -0.39 is 0 Å². The number of rotatable bonds is 5. The van der Waals surface area contributed by atoms with Crippen molar-refractivity contribution < 1.29 is 9.42 Å². The molecule has 1 amide bonds. The molecule has 1 N–H and O–H groups in total. The molecule has 32 heavy (non-hydrogen) atoms. The van der Waals surface area contributed by atoms with Crippen molar-refractivity contribution in [2.45, 2.75) is 6.54 Å². The van der Waals surface area contributed by atoms with Crippen molar-refractivity contribution in [2.75, 3.05) is 5.32 Å². The Bertz CT molecular complexity index is 1430. The quantitative estimate of drug-likeness (QED) is 0.361. The molecule has 5 aromatic rings. The number of halogens is 2. The number of para-hydroxylation sites is 2. The Morgan fingerprint density at radius 2 is 1.75 bits per heavy atom. The summed E-state index contributed by atoms with van der Waals surface area (Å²) in [5.74, 6) is 0.338. The Balaban J connectivity index is 1.58. The summed E-state index contributed by atoms with van der Waals surface area (Å²) >= 11 is 12.5. The van der Waals surface area contributed by atoms with E-state index in [4.69, 9.17) is 32.8 Å². The Hall–Kier alpha value is -3.68. The summed E-state index contributed by atoms with van der Waals surface area (Å²) in [7, 11) is 0. The average molecular weight is 464 g/mol. The normalized spacial score (nSPS) is 11.1. The summed E-state index contributed by atoms with van der Waals surface area (Å²) in [5, 5.41) is 11.8. The average Bonchev–Trinajstić information content (AvgIpc) is 3.40. The fourth-order valence-corrected chi connectivity index (χ4v) is 3.89. The van der Waals surface area contributed by atoms with Crippen LogP contribution in [0.2, 0.25) is 10.0 Å². The van der Waals surface area contributed by atoms with Gasteiger partial charge in [-0.3, -0.25) is 4.79 Å². The number of benzene rings is 3. The van der Waals surface area contributed by atoms with Gasteiger partial charge in [0.25, 0.3) is 5.91 Å². The highest BCUT2D eigenvalue weighted by molar-refractivity contribution is 6.35. The Labute approximate surface area is 192 Å². The summed E-state index contributed by atoms with van der Waals surface area (Å²) in [5.41, 5.74) is 3.29. The van der Waals surface area contributed by atoms with Gasteiger partial charge in [0.15, 0.2) is 11.5 Å². The number of carbonyl (C=O) groups excluding carboxylic acids is 1. The molecule has 0 unspecified atom stereocenters. The predicted molar refractivity (Wildman–Crippen MR) is 123 cm³/mol. The number of hydrogen-bond acceptors (Lipinski definition) is 5. The molecule has 0 spiro atoms. The van der Waals surface area contributed by atoms with Crippen LogP contribution in [0.15, 0.2) is 77.4 Å². The van der Waals surface area contributed by atoms with E-state index in [-0.39, 0.29) is 11.7 Å². The molecule has 5 rings (SSSR count). The van der Waals surface area contributed by atoms with E-state index in [2.05, 4.69) is 15.6 Å². The van der Waals surface area contributed by atoms with Crippen molar-refractivity contribution in [3.05, 3.63) is 94.0 Å². The maximum absolute atomic E-state index is 12.6. The van der Waals surface area contributed by atoms with Gasteiger partial charge in [-0.2, -0.15) is 0 Å². The van der Waals surface area contributed by atoms with Crippen molar-refractivity contribution in [1.29, 1.82) is 0 Å². The largest absolute Gasteiger partial charge is 0.318 e. The Kier molecular flexibility index (Phi) is 5.34. The third kappa shape index (κ3) is 3.84. The van der Waals surface area contributed by atoms with Gasteiger partial charge < -0.3 is 9.88 Å². The molecule has 0 fully saturated rings. The first-order chi connectivity index (χ1) is 15.6. The molecule has 3 aromatic carbocycles. The molecular formula is C23H15Cl2N5O2. The second-order valence-electron chi connectivity index (χ2n) is 7.03. The molecule has 0 atom stereocenters. The lowest BCUT2D eigenvalue weighted by Gasteiger charge is -2.10. The van der Waals surface area contributed by atoms with E-state index in [9.17, 15) is 4.79 Å². The van der Waals surface area contributed by atoms with E-state index in [1.54, 1.807) is 36.4 Å². The number of carbonyl (C=O) groups is 1. The first-order valence-corrected chi connectivity index (χ1v) is 10.4. The smallest absolute Gasteiger partial charge is 0.256 e. The van der Waals surface area contributed by atoms with Crippen LogP contribution < -0.4 is 5.32 Å². The molecule has 158 valence electrons. The molecule has 7 nitrogen and oxygen atoms in total. The molecule has 0 aliphatic rings. The lowest BCUT2D eigenvalue weighted by atomic mass is 10.2. The van der Waals surface area contributed by atoms with Crippen LogP contribution in [0.25, 0.3) is 22.6 Å². The molecule has 0 radical (unpaired) electrons. The maximum atomic E-state index is 12.6. The number of amides is 1. The monoisotopic (exact) mass is 463 g/mol. The third-order valence-corrected chi connectivity index (χ3v) is 5.55. The van der Waals surface area contributed by atoms with Crippen molar-refractivity contribution in [1.82, 2.24) is 19.9 Å². The highest BCUT2D eigenvalue weighted by atomic mass is 35.5. The van der Waals surface area contributed by atoms with Gasteiger partial charge in [0.1, 0.15) is 0 Å². The molecule has 0 aliphatic carbocycles. The van der Waals surface area contributed by atoms with E-state index >= 15 is 0 Å². The fourth-order valence-electron chi connectivity index (χ4n) is 3.42. The Morgan fingerprint density at radius 3 is 2.56 bits per heavy atom. The maximum Gasteiger partial charge on any atom is 0.256 e. The minimum Gasteiger partial charge on any atom is -0.318 e. The lowest BCUT2D eigenvalue weighted by Crippen LogP contribution is -2.13. The highest BCUT2D eigenvalue weighted by Gasteiger charge is 2.23. The highest BCUT2D eigenvalue weighted by Crippen LogP contribution is 2.30. The van der Waals surface area contributed by atoms with Gasteiger partial charge in [-0.15, -0.1) is 0 Å². The van der Waals surface area contributed by atoms with Gasteiger partial charge in [-0.05, 0) is 52.3 Å². The number of aromatic nitrogens is 4. The summed E-state index contributed by atoms with van der Waals surface area (Å²) < 4.78 is 6.91. The molecule has 9 heteroatoms. The standard InChI is InChI=1S/C23H15Cl2N5O2/c24-16-11-10-15(17(25)12-16)13-30-19-9-5-4-8-18(19)26-22(30)20-21(29-32-28-20)27-23(31)14-6-2-1-3-7-14/h1-12H,13H2,(H,27,29,31). The lowest BCUT2D eigenvalue weighted by molar-refractivity contribution is 0.102. The number of nitrogens with zero attached hydrogens (tertiary/aromatic N) is 4. The van der Waals surface area contributed by atoms with Gasteiger partial charge in [0, 0.05) is 15.6 Å².